The van der Waals surface area contributed by atoms with Crippen LogP contribution in [0.25, 0.3) is 22.4 Å². The summed E-state index contributed by atoms with van der Waals surface area (Å²) >= 11 is 0. The number of hydrogen-bond acceptors (Lipinski definition) is 7. The molecule has 1 aliphatic rings. The number of benzene rings is 2. The maximum atomic E-state index is 14.2. The second kappa shape index (κ2) is 11.2. The summed E-state index contributed by atoms with van der Waals surface area (Å²) in [7, 11) is 0. The van der Waals surface area contributed by atoms with Crippen molar-refractivity contribution in [2.24, 2.45) is 0 Å². The highest BCUT2D eigenvalue weighted by Gasteiger charge is 2.22. The lowest BCUT2D eigenvalue weighted by molar-refractivity contribution is -0.116. The fourth-order valence-electron chi connectivity index (χ4n) is 4.54. The number of aromatic hydroxyl groups is 1. The number of hydrogen-bond donors (Lipinski definition) is 4. The first-order valence-electron chi connectivity index (χ1n) is 12.3. The Morgan fingerprint density at radius 1 is 1.13 bits per heavy atom. The summed E-state index contributed by atoms with van der Waals surface area (Å²) in [5, 5.41) is 29.3. The Morgan fingerprint density at radius 2 is 1.97 bits per heavy atom. The number of carbonyl (C=O) groups excluding carboxylic acids is 2. The average Bonchev–Trinajstić information content (AvgIpc) is 3.65. The number of amides is 2. The van der Waals surface area contributed by atoms with Gasteiger partial charge in [-0.1, -0.05) is 18.2 Å². The number of para-hydroxylation sites is 1. The number of phenols is 1. The Morgan fingerprint density at radius 3 is 2.72 bits per heavy atom. The summed E-state index contributed by atoms with van der Waals surface area (Å²) in [4.78, 5) is 29.7. The van der Waals surface area contributed by atoms with Gasteiger partial charge < -0.3 is 25.5 Å². The van der Waals surface area contributed by atoms with Crippen LogP contribution >= 0.6 is 0 Å². The third kappa shape index (κ3) is 5.63. The number of furan rings is 1. The van der Waals surface area contributed by atoms with Gasteiger partial charge in [-0.2, -0.15) is 5.26 Å². The number of phenolic OH excluding ortho intramolecular Hbond substituents is 1. The van der Waals surface area contributed by atoms with Gasteiger partial charge in [-0.25, -0.2) is 9.37 Å². The fourth-order valence-corrected chi connectivity index (χ4v) is 4.54. The summed E-state index contributed by atoms with van der Waals surface area (Å²) in [6.45, 7) is 0.897. The van der Waals surface area contributed by atoms with Gasteiger partial charge in [0.1, 0.15) is 11.6 Å². The highest BCUT2D eigenvalue weighted by Crippen LogP contribution is 2.37. The minimum absolute atomic E-state index is 0.00251. The molecule has 1 fully saturated rings. The van der Waals surface area contributed by atoms with Crippen molar-refractivity contribution < 1.29 is 23.5 Å². The van der Waals surface area contributed by atoms with Crippen LogP contribution in [0.1, 0.15) is 35.4 Å². The molecule has 196 valence electrons. The number of halogens is 1. The van der Waals surface area contributed by atoms with Gasteiger partial charge in [-0.05, 0) is 67.4 Å². The lowest BCUT2D eigenvalue weighted by Crippen LogP contribution is -2.27. The molecular formula is C29H24FN5O4. The van der Waals surface area contributed by atoms with Crippen LogP contribution in [0.4, 0.5) is 15.9 Å². The first-order valence-corrected chi connectivity index (χ1v) is 12.3. The molecule has 2 amide bonds. The van der Waals surface area contributed by atoms with E-state index >= 15 is 0 Å². The van der Waals surface area contributed by atoms with E-state index in [0.29, 0.717) is 23.2 Å². The molecular weight excluding hydrogens is 501 g/mol. The van der Waals surface area contributed by atoms with Crippen molar-refractivity contribution in [1.29, 1.82) is 5.26 Å². The maximum Gasteiger partial charge on any atom is 0.292 e. The van der Waals surface area contributed by atoms with Crippen LogP contribution < -0.4 is 16.0 Å². The van der Waals surface area contributed by atoms with E-state index in [4.69, 9.17) is 4.42 Å². The Labute approximate surface area is 223 Å². The highest BCUT2D eigenvalue weighted by atomic mass is 19.1. The molecule has 0 saturated carbocycles. The van der Waals surface area contributed by atoms with Crippen LogP contribution in [0, 0.1) is 17.1 Å². The minimum atomic E-state index is -0.845. The Hall–Kier alpha value is -5.01. The van der Waals surface area contributed by atoms with Crippen molar-refractivity contribution in [3.63, 3.8) is 0 Å². The van der Waals surface area contributed by atoms with Crippen molar-refractivity contribution in [2.75, 3.05) is 17.2 Å². The Balaban J connectivity index is 1.56. The summed E-state index contributed by atoms with van der Waals surface area (Å²) < 4.78 is 19.3. The number of anilines is 2. The van der Waals surface area contributed by atoms with E-state index in [0.717, 1.165) is 25.5 Å². The van der Waals surface area contributed by atoms with Crippen molar-refractivity contribution >= 4 is 23.3 Å². The summed E-state index contributed by atoms with van der Waals surface area (Å²) in [5.41, 5.74) is 1.65. The molecule has 0 aliphatic carbocycles. The van der Waals surface area contributed by atoms with E-state index in [2.05, 4.69) is 27.0 Å². The number of aromatic nitrogens is 1. The molecule has 9 nitrogen and oxygen atoms in total. The van der Waals surface area contributed by atoms with Gasteiger partial charge >= 0.3 is 0 Å². The molecule has 0 bridgehead atoms. The van der Waals surface area contributed by atoms with Gasteiger partial charge in [0.15, 0.2) is 23.1 Å². The molecule has 4 aromatic rings. The second-order valence-corrected chi connectivity index (χ2v) is 9.08. The number of nitriles is 1. The van der Waals surface area contributed by atoms with Crippen molar-refractivity contribution in [3.8, 4) is 34.2 Å². The van der Waals surface area contributed by atoms with Gasteiger partial charge in [0, 0.05) is 29.3 Å². The fraction of sp³-hybridized carbons (Fsp3) is 0.172. The standard InChI is InChI=1S/C29H24FN5O4/c30-23-9-2-8-20(27(23)37)24-15-21(22(16-31)28(34-24)35-29(38)25-10-4-12-39-25)17-5-1-6-19(13-17)33-26(36)14-18-7-3-11-32-18/h1-2,4-6,8-10,12-13,15,18,32,37H,3,7,11,14H2,(H,33,36)(H,34,35,38)/t18-/m1/s1. The van der Waals surface area contributed by atoms with Gasteiger partial charge in [0.05, 0.1) is 12.0 Å². The number of carbonyl (C=O) groups is 2. The number of nitrogens with zero attached hydrogens (tertiary/aromatic N) is 2. The van der Waals surface area contributed by atoms with E-state index in [1.165, 1.54) is 30.5 Å². The average molecular weight is 526 g/mol. The number of nitrogens with one attached hydrogen (secondary N) is 3. The van der Waals surface area contributed by atoms with Crippen LogP contribution in [0.15, 0.2) is 71.3 Å². The molecule has 1 saturated heterocycles. The summed E-state index contributed by atoms with van der Waals surface area (Å²) in [6.07, 6.45) is 3.66. The topological polar surface area (TPSA) is 140 Å². The van der Waals surface area contributed by atoms with Crippen LogP contribution in [0.2, 0.25) is 0 Å². The third-order valence-electron chi connectivity index (χ3n) is 6.42. The number of pyridine rings is 1. The van der Waals surface area contributed by atoms with E-state index in [-0.39, 0.29) is 40.3 Å². The molecule has 5 rings (SSSR count). The molecule has 0 radical (unpaired) electrons. The molecule has 1 atom stereocenters. The van der Waals surface area contributed by atoms with Crippen LogP contribution in [-0.2, 0) is 4.79 Å². The largest absolute Gasteiger partial charge is 0.504 e. The third-order valence-corrected chi connectivity index (χ3v) is 6.42. The zero-order chi connectivity index (χ0) is 27.4. The monoisotopic (exact) mass is 525 g/mol. The molecule has 0 spiro atoms. The molecule has 4 N–H and O–H groups in total. The number of rotatable bonds is 7. The lowest BCUT2D eigenvalue weighted by atomic mass is 9.97. The van der Waals surface area contributed by atoms with E-state index in [1.54, 1.807) is 30.3 Å². The first kappa shape index (κ1) is 25.6. The van der Waals surface area contributed by atoms with Gasteiger partial charge in [0.25, 0.3) is 5.91 Å². The van der Waals surface area contributed by atoms with Crippen molar-refractivity contribution in [3.05, 3.63) is 84.1 Å². The maximum absolute atomic E-state index is 14.2. The van der Waals surface area contributed by atoms with Gasteiger partial charge in [-0.15, -0.1) is 0 Å². The molecule has 2 aromatic heterocycles. The lowest BCUT2D eigenvalue weighted by Gasteiger charge is -2.15. The molecule has 0 unspecified atom stereocenters. The van der Waals surface area contributed by atoms with Gasteiger partial charge in [-0.3, -0.25) is 9.59 Å². The molecule has 39 heavy (non-hydrogen) atoms. The normalized spacial score (nSPS) is 14.5. The smallest absolute Gasteiger partial charge is 0.292 e. The highest BCUT2D eigenvalue weighted by molar-refractivity contribution is 6.03. The van der Waals surface area contributed by atoms with E-state index in [9.17, 15) is 24.3 Å². The van der Waals surface area contributed by atoms with Crippen LogP contribution in [0.3, 0.4) is 0 Å². The van der Waals surface area contributed by atoms with Crippen LogP contribution in [-0.4, -0.2) is 34.5 Å². The minimum Gasteiger partial charge on any atom is -0.504 e. The Bertz CT molecular complexity index is 1570. The molecule has 2 aromatic carbocycles. The molecule has 10 heteroatoms. The van der Waals surface area contributed by atoms with Crippen molar-refractivity contribution in [2.45, 2.75) is 25.3 Å². The quantitative estimate of drug-likeness (QED) is 0.264. The Kier molecular flexibility index (Phi) is 7.34. The zero-order valence-electron chi connectivity index (χ0n) is 20.7. The van der Waals surface area contributed by atoms with Crippen LogP contribution in [0.5, 0.6) is 5.75 Å². The van der Waals surface area contributed by atoms with E-state index in [1.807, 2.05) is 0 Å². The van der Waals surface area contributed by atoms with Crippen molar-refractivity contribution in [1.82, 2.24) is 10.3 Å². The second-order valence-electron chi connectivity index (χ2n) is 9.08. The van der Waals surface area contributed by atoms with Gasteiger partial charge in [0.2, 0.25) is 5.91 Å². The molecule has 3 heterocycles. The predicted molar refractivity (Wildman–Crippen MR) is 142 cm³/mol. The predicted octanol–water partition coefficient (Wildman–Crippen LogP) is 5.06. The zero-order valence-corrected chi connectivity index (χ0v) is 20.7. The summed E-state index contributed by atoms with van der Waals surface area (Å²) in [6, 6.07) is 17.6. The van der Waals surface area contributed by atoms with E-state index < -0.39 is 17.5 Å². The molecule has 1 aliphatic heterocycles. The summed E-state index contributed by atoms with van der Waals surface area (Å²) in [5.74, 6) is -2.34. The first-order chi connectivity index (χ1) is 18.9. The SMILES string of the molecule is N#Cc1c(-c2cccc(NC(=O)C[C@H]3CCCN3)c2)cc(-c2cccc(F)c2O)nc1NC(=O)c1ccco1.